The van der Waals surface area contributed by atoms with Gasteiger partial charge in [0, 0.05) is 30.8 Å². The second-order valence-electron chi connectivity index (χ2n) is 6.45. The van der Waals surface area contributed by atoms with E-state index in [4.69, 9.17) is 4.74 Å². The minimum atomic E-state index is -0.126. The number of likely N-dealkylation sites (tertiary alicyclic amines) is 1. The molecule has 0 N–H and O–H groups in total. The first-order chi connectivity index (χ1) is 7.89. The average molecular weight is 239 g/mol. The zero-order valence-corrected chi connectivity index (χ0v) is 11.6. The second kappa shape index (κ2) is 4.27. The lowest BCUT2D eigenvalue weighted by Crippen LogP contribution is -2.63. The number of hydrogen-bond acceptors (Lipinski definition) is 3. The van der Waals surface area contributed by atoms with Gasteiger partial charge in [-0.05, 0) is 19.4 Å². The van der Waals surface area contributed by atoms with Crippen LogP contribution in [-0.4, -0.2) is 36.6 Å². The average Bonchev–Trinajstić information content (AvgIpc) is 2.21. The number of piperidine rings is 1. The smallest absolute Gasteiger partial charge is 0.302 e. The van der Waals surface area contributed by atoms with Crippen LogP contribution >= 0.6 is 0 Å². The Balaban J connectivity index is 2.27. The Bertz CT molecular complexity index is 297. The first-order valence-electron chi connectivity index (χ1n) is 6.79. The van der Waals surface area contributed by atoms with Crippen molar-refractivity contribution in [2.45, 2.75) is 53.1 Å². The van der Waals surface area contributed by atoms with Crippen molar-refractivity contribution >= 4 is 5.97 Å². The minimum Gasteiger partial charge on any atom is -0.461 e. The molecule has 0 aromatic carbocycles. The molecule has 3 atom stereocenters. The summed E-state index contributed by atoms with van der Waals surface area (Å²) in [4.78, 5) is 13.9. The predicted octanol–water partition coefficient (Wildman–Crippen LogP) is 2.45. The van der Waals surface area contributed by atoms with Gasteiger partial charge in [0.2, 0.25) is 0 Å². The van der Waals surface area contributed by atoms with Gasteiger partial charge in [-0.1, -0.05) is 27.2 Å². The van der Waals surface area contributed by atoms with Crippen molar-refractivity contribution < 1.29 is 9.53 Å². The van der Waals surface area contributed by atoms with Crippen molar-refractivity contribution in [2.75, 3.05) is 19.6 Å². The summed E-state index contributed by atoms with van der Waals surface area (Å²) in [5.74, 6) is -0.126. The molecule has 0 radical (unpaired) electrons. The van der Waals surface area contributed by atoms with E-state index in [1.54, 1.807) is 0 Å². The maximum atomic E-state index is 11.3. The van der Waals surface area contributed by atoms with Crippen LogP contribution in [0.4, 0.5) is 0 Å². The second-order valence-corrected chi connectivity index (χ2v) is 6.45. The normalized spacial score (nSPS) is 42.2. The van der Waals surface area contributed by atoms with Crippen LogP contribution in [0.1, 0.15) is 47.0 Å². The molecule has 1 saturated carbocycles. The number of carbonyl (C=O) groups excluding carboxylic acids is 1. The number of ether oxygens (including phenoxy) is 1. The van der Waals surface area contributed by atoms with Crippen molar-refractivity contribution in [3.05, 3.63) is 0 Å². The standard InChI is InChI=1S/C14H25NO2/c1-5-15-9-13(3)7-6-8-14(4,10-15)12(13)17-11(2)16/h12H,5-10H2,1-4H3/t12?,13-,14+. The first-order valence-corrected chi connectivity index (χ1v) is 6.79. The summed E-state index contributed by atoms with van der Waals surface area (Å²) in [6, 6.07) is 0. The SMILES string of the molecule is CCN1C[C@]2(C)CCC[C@](C)(C1)C2OC(C)=O. The van der Waals surface area contributed by atoms with Gasteiger partial charge in [-0.2, -0.15) is 0 Å². The Morgan fingerprint density at radius 3 is 2.24 bits per heavy atom. The molecular weight excluding hydrogens is 214 g/mol. The van der Waals surface area contributed by atoms with Gasteiger partial charge >= 0.3 is 5.97 Å². The fraction of sp³-hybridized carbons (Fsp3) is 0.929. The van der Waals surface area contributed by atoms with Crippen LogP contribution in [0.2, 0.25) is 0 Å². The van der Waals surface area contributed by atoms with E-state index >= 15 is 0 Å². The largest absolute Gasteiger partial charge is 0.461 e. The number of rotatable bonds is 2. The van der Waals surface area contributed by atoms with Crippen molar-refractivity contribution in [3.63, 3.8) is 0 Å². The van der Waals surface area contributed by atoms with Crippen molar-refractivity contribution in [1.29, 1.82) is 0 Å². The van der Waals surface area contributed by atoms with Crippen molar-refractivity contribution in [2.24, 2.45) is 10.8 Å². The molecule has 3 nitrogen and oxygen atoms in total. The van der Waals surface area contributed by atoms with E-state index in [0.717, 1.165) is 19.6 Å². The monoisotopic (exact) mass is 239 g/mol. The van der Waals surface area contributed by atoms with Crippen LogP contribution in [-0.2, 0) is 9.53 Å². The van der Waals surface area contributed by atoms with Gasteiger partial charge in [-0.25, -0.2) is 0 Å². The van der Waals surface area contributed by atoms with Crippen LogP contribution in [0, 0.1) is 10.8 Å². The summed E-state index contributed by atoms with van der Waals surface area (Å²) < 4.78 is 5.69. The van der Waals surface area contributed by atoms with E-state index in [2.05, 4.69) is 25.7 Å². The van der Waals surface area contributed by atoms with E-state index in [1.807, 2.05) is 0 Å². The highest BCUT2D eigenvalue weighted by atomic mass is 16.5. The van der Waals surface area contributed by atoms with E-state index in [9.17, 15) is 4.79 Å². The molecular formula is C14H25NO2. The Hall–Kier alpha value is -0.570. The summed E-state index contributed by atoms with van der Waals surface area (Å²) in [6.45, 7) is 11.6. The molecule has 1 unspecified atom stereocenters. The molecule has 2 aliphatic rings. The molecule has 2 rings (SSSR count). The predicted molar refractivity (Wildman–Crippen MR) is 67.7 cm³/mol. The van der Waals surface area contributed by atoms with Gasteiger partial charge in [-0.3, -0.25) is 4.79 Å². The Labute approximate surface area is 105 Å². The third-order valence-electron chi connectivity index (χ3n) is 4.66. The summed E-state index contributed by atoms with van der Waals surface area (Å²) in [7, 11) is 0. The summed E-state index contributed by atoms with van der Waals surface area (Å²) >= 11 is 0. The van der Waals surface area contributed by atoms with Crippen molar-refractivity contribution in [1.82, 2.24) is 4.90 Å². The molecule has 1 aliphatic heterocycles. The van der Waals surface area contributed by atoms with Crippen LogP contribution in [0.5, 0.6) is 0 Å². The Kier molecular flexibility index (Phi) is 3.23. The van der Waals surface area contributed by atoms with Crippen LogP contribution in [0.3, 0.4) is 0 Å². The lowest BCUT2D eigenvalue weighted by molar-refractivity contribution is -0.192. The van der Waals surface area contributed by atoms with E-state index in [-0.39, 0.29) is 22.9 Å². The maximum Gasteiger partial charge on any atom is 0.302 e. The molecule has 0 amide bonds. The molecule has 1 saturated heterocycles. The molecule has 17 heavy (non-hydrogen) atoms. The number of nitrogens with zero attached hydrogens (tertiary/aromatic N) is 1. The minimum absolute atomic E-state index is 0.101. The highest BCUT2D eigenvalue weighted by Gasteiger charge is 2.55. The molecule has 0 aromatic heterocycles. The Morgan fingerprint density at radius 2 is 1.82 bits per heavy atom. The number of fused-ring (bicyclic) bond motifs is 2. The zero-order valence-electron chi connectivity index (χ0n) is 11.6. The molecule has 98 valence electrons. The molecule has 1 aliphatic carbocycles. The highest BCUT2D eigenvalue weighted by molar-refractivity contribution is 5.66. The molecule has 0 spiro atoms. The van der Waals surface area contributed by atoms with Crippen LogP contribution < -0.4 is 0 Å². The van der Waals surface area contributed by atoms with Gasteiger partial charge in [-0.15, -0.1) is 0 Å². The molecule has 0 aromatic rings. The summed E-state index contributed by atoms with van der Waals surface area (Å²) in [5, 5.41) is 0. The van der Waals surface area contributed by atoms with Gasteiger partial charge in [0.25, 0.3) is 0 Å². The van der Waals surface area contributed by atoms with Crippen LogP contribution in [0.15, 0.2) is 0 Å². The first kappa shape index (κ1) is 12.9. The third kappa shape index (κ3) is 2.22. The quantitative estimate of drug-likeness (QED) is 0.693. The van der Waals surface area contributed by atoms with Gasteiger partial charge in [0.05, 0.1) is 0 Å². The van der Waals surface area contributed by atoms with Crippen molar-refractivity contribution in [3.8, 4) is 0 Å². The van der Waals surface area contributed by atoms with Gasteiger partial charge in [0.1, 0.15) is 6.10 Å². The number of hydrogen-bond donors (Lipinski definition) is 0. The molecule has 3 heteroatoms. The highest BCUT2D eigenvalue weighted by Crippen LogP contribution is 2.52. The lowest BCUT2D eigenvalue weighted by atomic mass is 9.58. The fourth-order valence-electron chi connectivity index (χ4n) is 4.08. The van der Waals surface area contributed by atoms with Crippen LogP contribution in [0.25, 0.3) is 0 Å². The summed E-state index contributed by atoms with van der Waals surface area (Å²) in [6.07, 6.45) is 3.72. The van der Waals surface area contributed by atoms with E-state index < -0.39 is 0 Å². The molecule has 1 heterocycles. The maximum absolute atomic E-state index is 11.3. The number of esters is 1. The zero-order chi connectivity index (χ0) is 12.7. The van der Waals surface area contributed by atoms with E-state index in [1.165, 1.54) is 26.2 Å². The molecule has 2 fully saturated rings. The van der Waals surface area contributed by atoms with Gasteiger partial charge < -0.3 is 9.64 Å². The van der Waals surface area contributed by atoms with E-state index in [0.29, 0.717) is 0 Å². The fourth-order valence-corrected chi connectivity index (χ4v) is 4.08. The number of carbonyl (C=O) groups is 1. The van der Waals surface area contributed by atoms with Gasteiger partial charge in [0.15, 0.2) is 0 Å². The Morgan fingerprint density at radius 1 is 1.29 bits per heavy atom. The topological polar surface area (TPSA) is 29.5 Å². The summed E-state index contributed by atoms with van der Waals surface area (Å²) in [5.41, 5.74) is 0.292. The lowest BCUT2D eigenvalue weighted by Gasteiger charge is -2.58. The third-order valence-corrected chi connectivity index (χ3v) is 4.66. The molecule has 2 bridgehead atoms.